The van der Waals surface area contributed by atoms with Gasteiger partial charge in [-0.25, -0.2) is 4.57 Å². The summed E-state index contributed by atoms with van der Waals surface area (Å²) in [4.78, 5) is 9.93. The molecule has 0 heterocycles. The van der Waals surface area contributed by atoms with Crippen LogP contribution in [0.3, 0.4) is 0 Å². The molecule has 0 aliphatic rings. The van der Waals surface area contributed by atoms with Crippen LogP contribution in [0.25, 0.3) is 0 Å². The van der Waals surface area contributed by atoms with E-state index in [0.29, 0.717) is 0 Å². The third-order valence-corrected chi connectivity index (χ3v) is 1.83. The molecule has 0 N–H and O–H groups in total. The monoisotopic (exact) mass is 140 g/mol. The van der Waals surface area contributed by atoms with Crippen LogP contribution in [0.1, 0.15) is 6.92 Å². The summed E-state index contributed by atoms with van der Waals surface area (Å²) >= 11 is 0. The lowest BCUT2D eigenvalue weighted by Crippen LogP contribution is -1.88. The maximum Gasteiger partial charge on any atom is 0.431 e. The van der Waals surface area contributed by atoms with Gasteiger partial charge in [-0.3, -0.25) is 4.79 Å². The van der Waals surface area contributed by atoms with Crippen molar-refractivity contribution in [3.63, 3.8) is 0 Å². The van der Waals surface area contributed by atoms with Crippen LogP contribution in [0.4, 0.5) is 4.20 Å². The predicted octanol–water partition coefficient (Wildman–Crippen LogP) is 1.34. The average molecular weight is 140 g/mol. The highest BCUT2D eigenvalue weighted by Crippen LogP contribution is 2.47. The van der Waals surface area contributed by atoms with Gasteiger partial charge in [0.25, 0.3) is 0 Å². The van der Waals surface area contributed by atoms with Crippen molar-refractivity contribution in [2.45, 2.75) is 6.92 Å². The third kappa shape index (κ3) is 1.72. The maximum atomic E-state index is 11.9. The van der Waals surface area contributed by atoms with Crippen molar-refractivity contribution in [2.75, 3.05) is 7.11 Å². The molecular formula is C3H6FO3P. The van der Waals surface area contributed by atoms with Crippen molar-refractivity contribution >= 4 is 13.2 Å². The highest BCUT2D eigenvalue weighted by molar-refractivity contribution is 7.71. The standard InChI is InChI=1S/C3H6FO3P/c1-3(5)8(4,6)7-2/h1-2H3. The van der Waals surface area contributed by atoms with Gasteiger partial charge in [0.05, 0.1) is 0 Å². The first kappa shape index (κ1) is 7.79. The number of carbonyl (C=O) groups is 1. The van der Waals surface area contributed by atoms with E-state index in [2.05, 4.69) is 4.52 Å². The quantitative estimate of drug-likeness (QED) is 0.543. The van der Waals surface area contributed by atoms with Crippen LogP contribution in [0.5, 0.6) is 0 Å². The van der Waals surface area contributed by atoms with E-state index in [1.54, 1.807) is 0 Å². The minimum atomic E-state index is -4.38. The number of hydrogen-bond acceptors (Lipinski definition) is 3. The molecular weight excluding hydrogens is 134 g/mol. The van der Waals surface area contributed by atoms with Gasteiger partial charge in [0.2, 0.25) is 5.52 Å². The SMILES string of the molecule is COP(=O)(F)C(C)=O. The lowest BCUT2D eigenvalue weighted by atomic mass is 10.9. The maximum absolute atomic E-state index is 11.9. The van der Waals surface area contributed by atoms with Gasteiger partial charge < -0.3 is 4.52 Å². The Labute approximate surface area is 46.4 Å². The Hall–Kier alpha value is -0.210. The Balaban J connectivity index is 4.15. The number of halogens is 1. The molecule has 0 fully saturated rings. The molecule has 48 valence electrons. The van der Waals surface area contributed by atoms with Crippen molar-refractivity contribution in [2.24, 2.45) is 0 Å². The number of rotatable bonds is 2. The molecule has 5 heteroatoms. The number of hydrogen-bond donors (Lipinski definition) is 0. The van der Waals surface area contributed by atoms with E-state index < -0.39 is 13.2 Å². The van der Waals surface area contributed by atoms with E-state index in [9.17, 15) is 13.6 Å². The molecule has 0 spiro atoms. The van der Waals surface area contributed by atoms with Crippen LogP contribution >= 0.6 is 7.68 Å². The van der Waals surface area contributed by atoms with Gasteiger partial charge in [-0.15, -0.1) is 4.20 Å². The summed E-state index contributed by atoms with van der Waals surface area (Å²) < 4.78 is 25.7. The molecule has 0 aromatic rings. The van der Waals surface area contributed by atoms with Crippen LogP contribution in [-0.2, 0) is 13.9 Å². The second-order valence-electron chi connectivity index (χ2n) is 1.18. The minimum absolute atomic E-state index is 0.879. The van der Waals surface area contributed by atoms with E-state index in [1.807, 2.05) is 0 Å². The summed E-state index contributed by atoms with van der Waals surface area (Å²) in [6.07, 6.45) is 0. The van der Waals surface area contributed by atoms with Gasteiger partial charge >= 0.3 is 7.68 Å². The Morgan fingerprint density at radius 2 is 2.12 bits per heavy atom. The lowest BCUT2D eigenvalue weighted by molar-refractivity contribution is -0.111. The van der Waals surface area contributed by atoms with E-state index in [-0.39, 0.29) is 0 Å². The third-order valence-electron chi connectivity index (χ3n) is 0.611. The minimum Gasteiger partial charge on any atom is -0.304 e. The van der Waals surface area contributed by atoms with E-state index >= 15 is 0 Å². The second-order valence-corrected chi connectivity index (χ2v) is 3.14. The van der Waals surface area contributed by atoms with Crippen LogP contribution in [-0.4, -0.2) is 12.6 Å². The fourth-order valence-corrected chi connectivity index (χ4v) is 0.386. The number of carbonyl (C=O) groups excluding carboxylic acids is 1. The van der Waals surface area contributed by atoms with Gasteiger partial charge in [0.1, 0.15) is 0 Å². The van der Waals surface area contributed by atoms with Gasteiger partial charge in [-0.1, -0.05) is 0 Å². The first-order valence-corrected chi connectivity index (χ1v) is 3.39. The first-order valence-electron chi connectivity index (χ1n) is 1.87. The van der Waals surface area contributed by atoms with Crippen molar-refractivity contribution in [3.05, 3.63) is 0 Å². The van der Waals surface area contributed by atoms with Crippen molar-refractivity contribution in [3.8, 4) is 0 Å². The second kappa shape index (κ2) is 2.37. The largest absolute Gasteiger partial charge is 0.431 e. The molecule has 1 unspecified atom stereocenters. The molecule has 0 aromatic carbocycles. The molecule has 0 aromatic heterocycles. The fraction of sp³-hybridized carbons (Fsp3) is 0.667. The van der Waals surface area contributed by atoms with Gasteiger partial charge in [-0.2, -0.15) is 0 Å². The zero-order valence-electron chi connectivity index (χ0n) is 4.55. The zero-order valence-corrected chi connectivity index (χ0v) is 5.44. The Morgan fingerprint density at radius 3 is 2.12 bits per heavy atom. The van der Waals surface area contributed by atoms with Crippen molar-refractivity contribution in [1.82, 2.24) is 0 Å². The van der Waals surface area contributed by atoms with E-state index in [0.717, 1.165) is 14.0 Å². The van der Waals surface area contributed by atoms with Crippen LogP contribution < -0.4 is 0 Å². The van der Waals surface area contributed by atoms with Crippen molar-refractivity contribution < 1.29 is 18.1 Å². The van der Waals surface area contributed by atoms with Crippen LogP contribution in [0.2, 0.25) is 0 Å². The molecule has 0 aliphatic heterocycles. The Bertz CT molecular complexity index is 143. The molecule has 8 heavy (non-hydrogen) atoms. The summed E-state index contributed by atoms with van der Waals surface area (Å²) in [5, 5.41) is 0. The summed E-state index contributed by atoms with van der Waals surface area (Å²) in [6, 6.07) is 0. The molecule has 0 radical (unpaired) electrons. The van der Waals surface area contributed by atoms with Crippen LogP contribution in [0.15, 0.2) is 0 Å². The van der Waals surface area contributed by atoms with Crippen LogP contribution in [0, 0.1) is 0 Å². The molecule has 0 bridgehead atoms. The molecule has 1 atom stereocenters. The van der Waals surface area contributed by atoms with Gasteiger partial charge in [0, 0.05) is 14.0 Å². The zero-order chi connectivity index (χ0) is 6.78. The summed E-state index contributed by atoms with van der Waals surface area (Å²) in [6.45, 7) is 0.879. The Morgan fingerprint density at radius 1 is 1.75 bits per heavy atom. The summed E-state index contributed by atoms with van der Waals surface area (Å²) in [5.74, 6) is 0. The summed E-state index contributed by atoms with van der Waals surface area (Å²) in [7, 11) is -3.49. The highest BCUT2D eigenvalue weighted by atomic mass is 31.2. The normalized spacial score (nSPS) is 17.4. The van der Waals surface area contributed by atoms with Crippen molar-refractivity contribution in [1.29, 1.82) is 0 Å². The molecule has 0 amide bonds. The molecule has 0 aliphatic carbocycles. The highest BCUT2D eigenvalue weighted by Gasteiger charge is 2.26. The molecule has 0 rings (SSSR count). The lowest BCUT2D eigenvalue weighted by Gasteiger charge is -1.97. The molecule has 0 saturated heterocycles. The first-order chi connectivity index (χ1) is 3.50. The summed E-state index contributed by atoms with van der Waals surface area (Å²) in [5.41, 5.74) is -1.06. The smallest absolute Gasteiger partial charge is 0.304 e. The molecule has 3 nitrogen and oxygen atoms in total. The van der Waals surface area contributed by atoms with Gasteiger partial charge in [-0.05, 0) is 0 Å². The Kier molecular flexibility index (Phi) is 2.31. The fourth-order valence-electron chi connectivity index (χ4n) is 0.129. The van der Waals surface area contributed by atoms with E-state index in [4.69, 9.17) is 0 Å². The van der Waals surface area contributed by atoms with E-state index in [1.165, 1.54) is 0 Å². The topological polar surface area (TPSA) is 43.4 Å². The average Bonchev–Trinajstić information content (AvgIpc) is 1.67. The predicted molar refractivity (Wildman–Crippen MR) is 26.4 cm³/mol. The van der Waals surface area contributed by atoms with Gasteiger partial charge in [0.15, 0.2) is 0 Å². The molecule has 0 saturated carbocycles.